The number of likely N-dealkylation sites (tertiary alicyclic amines) is 1. The lowest BCUT2D eigenvalue weighted by Crippen LogP contribution is -2.36. The Labute approximate surface area is 154 Å². The smallest absolute Gasteiger partial charge is 0.306 e. The van der Waals surface area contributed by atoms with Crippen LogP contribution >= 0.6 is 22.6 Å². The van der Waals surface area contributed by atoms with Crippen molar-refractivity contribution in [2.45, 2.75) is 25.4 Å². The van der Waals surface area contributed by atoms with Crippen molar-refractivity contribution in [3.8, 4) is 0 Å². The first kappa shape index (κ1) is 15.9. The molecule has 1 N–H and O–H groups in total. The number of aromatic nitrogens is 2. The Hall–Kier alpha value is -1.60. The molecule has 0 radical (unpaired) electrons. The normalized spacial score (nSPS) is 16.7. The van der Waals surface area contributed by atoms with E-state index < -0.39 is 0 Å². The molecule has 0 unspecified atom stereocenters. The Morgan fingerprint density at radius 1 is 1.08 bits per heavy atom. The first-order chi connectivity index (χ1) is 11.7. The lowest BCUT2D eigenvalue weighted by molar-refractivity contribution is 0.180. The number of piperidine rings is 1. The quantitative estimate of drug-likeness (QED) is 0.639. The number of benzene rings is 2. The molecule has 2 aromatic carbocycles. The van der Waals surface area contributed by atoms with Crippen molar-refractivity contribution in [3.63, 3.8) is 0 Å². The van der Waals surface area contributed by atoms with Crippen LogP contribution in [0.2, 0.25) is 0 Å². The van der Waals surface area contributed by atoms with Crippen LogP contribution in [0.5, 0.6) is 0 Å². The number of H-pyrrole nitrogens is 1. The summed E-state index contributed by atoms with van der Waals surface area (Å²) in [7, 11) is 0. The Bertz CT molecular complexity index is 906. The van der Waals surface area contributed by atoms with Gasteiger partial charge in [-0.3, -0.25) is 9.47 Å². The predicted molar refractivity (Wildman–Crippen MR) is 105 cm³/mol. The highest BCUT2D eigenvalue weighted by molar-refractivity contribution is 14.1. The molecule has 4 nitrogen and oxygen atoms in total. The Morgan fingerprint density at radius 3 is 2.67 bits per heavy atom. The number of hydrogen-bond donors (Lipinski definition) is 1. The Kier molecular flexibility index (Phi) is 4.45. The SMILES string of the molecule is O=c1[nH]c2ccccc2n1C1CCN(Cc2cccc(I)c2)CC1. The molecule has 0 saturated carbocycles. The molecule has 124 valence electrons. The molecule has 0 amide bonds. The molecule has 1 aliphatic rings. The molecule has 0 bridgehead atoms. The van der Waals surface area contributed by atoms with Crippen molar-refractivity contribution in [1.82, 2.24) is 14.5 Å². The molecule has 2 heterocycles. The number of nitrogens with one attached hydrogen (secondary N) is 1. The summed E-state index contributed by atoms with van der Waals surface area (Å²) in [5, 5.41) is 0. The topological polar surface area (TPSA) is 41.0 Å². The van der Waals surface area contributed by atoms with E-state index in [-0.39, 0.29) is 5.69 Å². The zero-order chi connectivity index (χ0) is 16.5. The van der Waals surface area contributed by atoms with Gasteiger partial charge in [-0.25, -0.2) is 4.79 Å². The number of rotatable bonds is 3. The van der Waals surface area contributed by atoms with E-state index in [9.17, 15) is 4.79 Å². The maximum Gasteiger partial charge on any atom is 0.326 e. The molecule has 1 aromatic heterocycles. The highest BCUT2D eigenvalue weighted by Gasteiger charge is 2.23. The minimum Gasteiger partial charge on any atom is -0.306 e. The van der Waals surface area contributed by atoms with Crippen LogP contribution in [0.25, 0.3) is 11.0 Å². The first-order valence-corrected chi connectivity index (χ1v) is 9.44. The Balaban J connectivity index is 1.48. The van der Waals surface area contributed by atoms with Gasteiger partial charge in [0.25, 0.3) is 0 Å². The van der Waals surface area contributed by atoms with E-state index in [1.807, 2.05) is 28.8 Å². The van der Waals surface area contributed by atoms with Gasteiger partial charge in [0.05, 0.1) is 11.0 Å². The average Bonchev–Trinajstić information content (AvgIpc) is 2.91. The van der Waals surface area contributed by atoms with E-state index in [0.717, 1.165) is 43.5 Å². The largest absolute Gasteiger partial charge is 0.326 e. The van der Waals surface area contributed by atoms with Crippen LogP contribution in [0.15, 0.2) is 53.3 Å². The first-order valence-electron chi connectivity index (χ1n) is 8.37. The van der Waals surface area contributed by atoms with E-state index >= 15 is 0 Å². The fraction of sp³-hybridized carbons (Fsp3) is 0.316. The third-order valence-corrected chi connectivity index (χ3v) is 5.51. The minimum atomic E-state index is 0.0206. The molecular formula is C19H20IN3O. The zero-order valence-corrected chi connectivity index (χ0v) is 15.6. The zero-order valence-electron chi connectivity index (χ0n) is 13.4. The van der Waals surface area contributed by atoms with Gasteiger partial charge in [-0.15, -0.1) is 0 Å². The maximum absolute atomic E-state index is 12.3. The monoisotopic (exact) mass is 433 g/mol. The van der Waals surface area contributed by atoms with E-state index in [2.05, 4.69) is 56.7 Å². The highest BCUT2D eigenvalue weighted by atomic mass is 127. The molecule has 5 heteroatoms. The lowest BCUT2D eigenvalue weighted by Gasteiger charge is -2.32. The molecular weight excluding hydrogens is 413 g/mol. The molecule has 0 spiro atoms. The number of aromatic amines is 1. The van der Waals surface area contributed by atoms with Crippen molar-refractivity contribution >= 4 is 33.6 Å². The number of fused-ring (bicyclic) bond motifs is 1. The third kappa shape index (κ3) is 3.15. The van der Waals surface area contributed by atoms with Crippen LogP contribution in [-0.2, 0) is 6.54 Å². The van der Waals surface area contributed by atoms with Crippen molar-refractivity contribution in [1.29, 1.82) is 0 Å². The summed E-state index contributed by atoms with van der Waals surface area (Å²) >= 11 is 2.36. The van der Waals surface area contributed by atoms with Crippen LogP contribution < -0.4 is 5.69 Å². The molecule has 24 heavy (non-hydrogen) atoms. The summed E-state index contributed by atoms with van der Waals surface area (Å²) in [5.74, 6) is 0. The second-order valence-electron chi connectivity index (χ2n) is 6.45. The van der Waals surface area contributed by atoms with E-state index in [0.29, 0.717) is 6.04 Å². The van der Waals surface area contributed by atoms with Crippen molar-refractivity contribution < 1.29 is 0 Å². The van der Waals surface area contributed by atoms with Crippen LogP contribution in [-0.4, -0.2) is 27.5 Å². The van der Waals surface area contributed by atoms with E-state index in [1.165, 1.54) is 9.13 Å². The standard InChI is InChI=1S/C19H20IN3O/c20-15-5-3-4-14(12-15)13-22-10-8-16(9-11-22)23-18-7-2-1-6-17(18)21-19(23)24/h1-7,12,16H,8-11,13H2,(H,21,24). The highest BCUT2D eigenvalue weighted by Crippen LogP contribution is 2.25. The summed E-state index contributed by atoms with van der Waals surface area (Å²) in [5.41, 5.74) is 3.35. The summed E-state index contributed by atoms with van der Waals surface area (Å²) in [6, 6.07) is 16.9. The Morgan fingerprint density at radius 2 is 1.88 bits per heavy atom. The van der Waals surface area contributed by atoms with Gasteiger partial charge in [-0.2, -0.15) is 0 Å². The van der Waals surface area contributed by atoms with Gasteiger partial charge in [-0.1, -0.05) is 24.3 Å². The summed E-state index contributed by atoms with van der Waals surface area (Å²) in [6.07, 6.45) is 2.04. The number of para-hydroxylation sites is 2. The number of imidazole rings is 1. The predicted octanol–water partition coefficient (Wildman–Crippen LogP) is 3.77. The number of halogens is 1. The molecule has 1 saturated heterocycles. The van der Waals surface area contributed by atoms with Gasteiger partial charge in [0, 0.05) is 29.2 Å². The summed E-state index contributed by atoms with van der Waals surface area (Å²) in [6.45, 7) is 3.05. The average molecular weight is 433 g/mol. The maximum atomic E-state index is 12.3. The van der Waals surface area contributed by atoms with Gasteiger partial charge in [0.15, 0.2) is 0 Å². The molecule has 3 aromatic rings. The van der Waals surface area contributed by atoms with Crippen molar-refractivity contribution in [3.05, 3.63) is 68.1 Å². The van der Waals surface area contributed by atoms with Gasteiger partial charge in [0.1, 0.15) is 0 Å². The lowest BCUT2D eigenvalue weighted by atomic mass is 10.0. The van der Waals surface area contributed by atoms with Crippen molar-refractivity contribution in [2.75, 3.05) is 13.1 Å². The van der Waals surface area contributed by atoms with Gasteiger partial charge >= 0.3 is 5.69 Å². The van der Waals surface area contributed by atoms with Crippen LogP contribution in [0, 0.1) is 3.57 Å². The van der Waals surface area contributed by atoms with Crippen LogP contribution in [0.3, 0.4) is 0 Å². The molecule has 0 atom stereocenters. The fourth-order valence-electron chi connectivity index (χ4n) is 3.67. The van der Waals surface area contributed by atoms with Gasteiger partial charge in [0.2, 0.25) is 0 Å². The molecule has 0 aliphatic carbocycles. The van der Waals surface area contributed by atoms with Crippen LogP contribution in [0.4, 0.5) is 0 Å². The molecule has 4 rings (SSSR count). The van der Waals surface area contributed by atoms with E-state index in [4.69, 9.17) is 0 Å². The van der Waals surface area contributed by atoms with Crippen molar-refractivity contribution in [2.24, 2.45) is 0 Å². The van der Waals surface area contributed by atoms with Gasteiger partial charge < -0.3 is 4.98 Å². The third-order valence-electron chi connectivity index (χ3n) is 4.84. The van der Waals surface area contributed by atoms with E-state index in [1.54, 1.807) is 0 Å². The summed E-state index contributed by atoms with van der Waals surface area (Å²) in [4.78, 5) is 17.8. The number of hydrogen-bond acceptors (Lipinski definition) is 2. The minimum absolute atomic E-state index is 0.0206. The second-order valence-corrected chi connectivity index (χ2v) is 7.70. The molecule has 1 fully saturated rings. The fourth-order valence-corrected chi connectivity index (χ4v) is 4.27. The van der Waals surface area contributed by atoms with Gasteiger partial charge in [-0.05, 0) is 65.3 Å². The second kappa shape index (κ2) is 6.72. The number of nitrogens with zero attached hydrogens (tertiary/aromatic N) is 2. The molecule has 1 aliphatic heterocycles. The summed E-state index contributed by atoms with van der Waals surface area (Å²) < 4.78 is 3.24. The van der Waals surface area contributed by atoms with Crippen LogP contribution in [0.1, 0.15) is 24.4 Å².